The van der Waals surface area contributed by atoms with E-state index in [1.165, 1.54) is 0 Å². The van der Waals surface area contributed by atoms with E-state index < -0.39 is 0 Å². The van der Waals surface area contributed by atoms with E-state index in [0.717, 1.165) is 26.8 Å². The van der Waals surface area contributed by atoms with Gasteiger partial charge in [-0.3, -0.25) is 0 Å². The Hall–Kier alpha value is -1.65. The van der Waals surface area contributed by atoms with Gasteiger partial charge in [-0.05, 0) is 36.4 Å². The van der Waals surface area contributed by atoms with Crippen molar-refractivity contribution in [1.29, 1.82) is 0 Å². The van der Waals surface area contributed by atoms with Gasteiger partial charge in [-0.1, -0.05) is 76.4 Å². The van der Waals surface area contributed by atoms with Crippen molar-refractivity contribution in [2.75, 3.05) is 5.75 Å². The van der Waals surface area contributed by atoms with Gasteiger partial charge in [0.1, 0.15) is 6.61 Å². The van der Waals surface area contributed by atoms with Crippen molar-refractivity contribution in [2.45, 2.75) is 11.5 Å². The smallest absolute Gasteiger partial charge is 0.145 e. The van der Waals surface area contributed by atoms with Gasteiger partial charge in [0, 0.05) is 36.8 Å². The molecule has 2 nitrogen and oxygen atoms in total. The molecule has 3 rings (SSSR count). The summed E-state index contributed by atoms with van der Waals surface area (Å²) in [5.41, 5.74) is 2.56. The van der Waals surface area contributed by atoms with Gasteiger partial charge in [0.15, 0.2) is 0 Å². The molecule has 6 heteroatoms. The summed E-state index contributed by atoms with van der Waals surface area (Å²) in [6, 6.07) is 23.0. The molecule has 0 N–H and O–H groups in total. The Kier molecular flexibility index (Phi) is 7.48. The fourth-order valence-corrected chi connectivity index (χ4v) is 3.80. The first-order valence-electron chi connectivity index (χ1n) is 8.19. The van der Waals surface area contributed by atoms with E-state index in [0.29, 0.717) is 15.8 Å². The van der Waals surface area contributed by atoms with E-state index >= 15 is 0 Å². The molecule has 3 aromatic rings. The largest absolute Gasteiger partial charge is 0.391 e. The van der Waals surface area contributed by atoms with Crippen LogP contribution in [0.15, 0.2) is 82.8 Å². The first kappa shape index (κ1) is 20.1. The number of benzene rings is 3. The number of hydrogen-bond donors (Lipinski definition) is 0. The zero-order valence-corrected chi connectivity index (χ0v) is 17.3. The van der Waals surface area contributed by atoms with Crippen LogP contribution in [0.4, 0.5) is 0 Å². The van der Waals surface area contributed by atoms with Gasteiger partial charge in [-0.2, -0.15) is 0 Å². The standard InChI is InChI=1S/C21H16Cl3NOS/c22-16-9-11-17(12-10-16)27-14-21(15-5-2-1-3-6-15)25-26-13-18-19(23)7-4-8-20(18)24/h1-12H,13-14H2/b25-21-. The summed E-state index contributed by atoms with van der Waals surface area (Å²) in [6.45, 7) is 0.209. The van der Waals surface area contributed by atoms with E-state index in [1.54, 1.807) is 30.0 Å². The van der Waals surface area contributed by atoms with Crippen LogP contribution in [0.1, 0.15) is 11.1 Å². The normalized spacial score (nSPS) is 11.4. The maximum Gasteiger partial charge on any atom is 0.145 e. The highest BCUT2D eigenvalue weighted by molar-refractivity contribution is 8.00. The van der Waals surface area contributed by atoms with Crippen LogP contribution in [0.2, 0.25) is 15.1 Å². The highest BCUT2D eigenvalue weighted by atomic mass is 35.5. The molecule has 0 atom stereocenters. The molecule has 0 aliphatic rings. The molecule has 0 bridgehead atoms. The van der Waals surface area contributed by atoms with Crippen LogP contribution in [-0.4, -0.2) is 11.5 Å². The van der Waals surface area contributed by atoms with Crippen LogP contribution in [-0.2, 0) is 11.4 Å². The Bertz CT molecular complexity index is 894. The second kappa shape index (κ2) is 10.0. The summed E-state index contributed by atoms with van der Waals surface area (Å²) >= 11 is 20.0. The maximum absolute atomic E-state index is 6.19. The SMILES string of the molecule is Clc1ccc(SC/C(=N/OCc2c(Cl)cccc2Cl)c2ccccc2)cc1. The quantitative estimate of drug-likeness (QED) is 0.219. The average molecular weight is 437 g/mol. The molecular formula is C21H16Cl3NOS. The third kappa shape index (κ3) is 5.91. The number of thioether (sulfide) groups is 1. The number of nitrogens with zero attached hydrogens (tertiary/aromatic N) is 1. The summed E-state index contributed by atoms with van der Waals surface area (Å²) in [6.07, 6.45) is 0. The molecule has 0 fully saturated rings. The minimum Gasteiger partial charge on any atom is -0.391 e. The molecule has 0 unspecified atom stereocenters. The van der Waals surface area contributed by atoms with Crippen molar-refractivity contribution in [2.24, 2.45) is 5.16 Å². The predicted octanol–water partition coefficient (Wildman–Crippen LogP) is 7.36. The molecule has 0 heterocycles. The summed E-state index contributed by atoms with van der Waals surface area (Å²) in [5.74, 6) is 0.655. The fourth-order valence-electron chi connectivity index (χ4n) is 2.32. The third-order valence-corrected chi connectivity index (χ3v) is 5.72. The lowest BCUT2D eigenvalue weighted by Crippen LogP contribution is -2.06. The molecule has 3 aromatic carbocycles. The molecular weight excluding hydrogens is 421 g/mol. The van der Waals surface area contributed by atoms with Crippen LogP contribution < -0.4 is 0 Å². The van der Waals surface area contributed by atoms with Crippen LogP contribution in [0.5, 0.6) is 0 Å². The van der Waals surface area contributed by atoms with Crippen molar-refractivity contribution in [3.05, 3.63) is 99.0 Å². The Labute approximate surface area is 178 Å². The van der Waals surface area contributed by atoms with Crippen LogP contribution in [0.3, 0.4) is 0 Å². The molecule has 0 saturated heterocycles. The minimum absolute atomic E-state index is 0.209. The van der Waals surface area contributed by atoms with Crippen LogP contribution >= 0.6 is 46.6 Å². The zero-order chi connectivity index (χ0) is 19.1. The first-order valence-corrected chi connectivity index (χ1v) is 10.3. The Morgan fingerprint density at radius 1 is 0.815 bits per heavy atom. The fraction of sp³-hybridized carbons (Fsp3) is 0.0952. The molecule has 0 saturated carbocycles. The van der Waals surface area contributed by atoms with E-state index in [2.05, 4.69) is 5.16 Å². The topological polar surface area (TPSA) is 21.6 Å². The zero-order valence-electron chi connectivity index (χ0n) is 14.2. The van der Waals surface area contributed by atoms with Crippen molar-refractivity contribution in [3.63, 3.8) is 0 Å². The lowest BCUT2D eigenvalue weighted by molar-refractivity contribution is 0.131. The van der Waals surface area contributed by atoms with Crippen molar-refractivity contribution < 1.29 is 4.84 Å². The van der Waals surface area contributed by atoms with Gasteiger partial charge in [0.05, 0.1) is 5.71 Å². The second-order valence-corrected chi connectivity index (χ2v) is 7.92. The minimum atomic E-state index is 0.209. The van der Waals surface area contributed by atoms with Crippen molar-refractivity contribution in [1.82, 2.24) is 0 Å². The maximum atomic E-state index is 6.19. The molecule has 0 aromatic heterocycles. The molecule has 27 heavy (non-hydrogen) atoms. The van der Waals surface area contributed by atoms with Crippen LogP contribution in [0, 0.1) is 0 Å². The van der Waals surface area contributed by atoms with Gasteiger partial charge in [-0.25, -0.2) is 0 Å². The summed E-state index contributed by atoms with van der Waals surface area (Å²) in [7, 11) is 0. The predicted molar refractivity (Wildman–Crippen MR) is 116 cm³/mol. The lowest BCUT2D eigenvalue weighted by atomic mass is 10.1. The second-order valence-electron chi connectivity index (χ2n) is 5.62. The Balaban J connectivity index is 1.73. The van der Waals surface area contributed by atoms with Gasteiger partial charge in [0.25, 0.3) is 0 Å². The molecule has 0 radical (unpaired) electrons. The van der Waals surface area contributed by atoms with Crippen LogP contribution in [0.25, 0.3) is 0 Å². The molecule has 0 amide bonds. The molecule has 0 spiro atoms. The Morgan fingerprint density at radius 2 is 1.48 bits per heavy atom. The van der Waals surface area contributed by atoms with Gasteiger partial charge in [0.2, 0.25) is 0 Å². The number of oxime groups is 1. The highest BCUT2D eigenvalue weighted by Gasteiger charge is 2.08. The molecule has 0 aliphatic heterocycles. The monoisotopic (exact) mass is 435 g/mol. The molecule has 138 valence electrons. The average Bonchev–Trinajstić information content (AvgIpc) is 2.68. The first-order chi connectivity index (χ1) is 13.1. The number of hydrogen-bond acceptors (Lipinski definition) is 3. The van der Waals surface area contributed by atoms with Gasteiger partial charge >= 0.3 is 0 Å². The van der Waals surface area contributed by atoms with E-state index in [-0.39, 0.29) is 6.61 Å². The summed E-state index contributed by atoms with van der Waals surface area (Å²) in [5, 5.41) is 6.20. The highest BCUT2D eigenvalue weighted by Crippen LogP contribution is 2.25. The third-order valence-electron chi connectivity index (χ3n) is 3.74. The summed E-state index contributed by atoms with van der Waals surface area (Å²) in [4.78, 5) is 6.70. The Morgan fingerprint density at radius 3 is 2.15 bits per heavy atom. The van der Waals surface area contributed by atoms with Crippen molar-refractivity contribution >= 4 is 52.3 Å². The van der Waals surface area contributed by atoms with E-state index in [9.17, 15) is 0 Å². The van der Waals surface area contributed by atoms with E-state index in [1.807, 2.05) is 54.6 Å². The van der Waals surface area contributed by atoms with Gasteiger partial charge < -0.3 is 4.84 Å². The lowest BCUT2D eigenvalue weighted by Gasteiger charge is -2.09. The number of rotatable bonds is 7. The molecule has 0 aliphatic carbocycles. The summed E-state index contributed by atoms with van der Waals surface area (Å²) < 4.78 is 0. The van der Waals surface area contributed by atoms with E-state index in [4.69, 9.17) is 39.6 Å². The van der Waals surface area contributed by atoms with Crippen molar-refractivity contribution in [3.8, 4) is 0 Å². The number of halogens is 3. The van der Waals surface area contributed by atoms with Gasteiger partial charge in [-0.15, -0.1) is 11.8 Å².